The molecule has 6 nitrogen and oxygen atoms in total. The third-order valence-corrected chi connectivity index (χ3v) is 6.40. The molecule has 0 aliphatic carbocycles. The molecular weight excluding hydrogens is 481 g/mol. The highest BCUT2D eigenvalue weighted by atomic mass is 19.1. The summed E-state index contributed by atoms with van der Waals surface area (Å²) in [5, 5.41) is 2.99. The third-order valence-electron chi connectivity index (χ3n) is 6.40. The number of rotatable bonds is 11. The Hall–Kier alpha value is -3.81. The van der Waals surface area contributed by atoms with Crippen molar-refractivity contribution in [3.63, 3.8) is 0 Å². The summed E-state index contributed by atoms with van der Waals surface area (Å²) in [6, 6.07) is 23.2. The second-order valence-electron chi connectivity index (χ2n) is 9.30. The maximum Gasteiger partial charge on any atom is 0.251 e. The molecule has 0 bridgehead atoms. The van der Waals surface area contributed by atoms with Crippen LogP contribution in [0.25, 0.3) is 6.08 Å². The number of nitrogens with zero attached hydrogens (tertiary/aromatic N) is 2. The van der Waals surface area contributed by atoms with Gasteiger partial charge in [-0.05, 0) is 60.0 Å². The minimum atomic E-state index is -0.346. The van der Waals surface area contributed by atoms with Gasteiger partial charge < -0.3 is 15.0 Å². The van der Waals surface area contributed by atoms with E-state index >= 15 is 0 Å². The number of carbonyl (C=O) groups excluding carboxylic acids is 2. The first kappa shape index (κ1) is 27.2. The maximum atomic E-state index is 13.8. The van der Waals surface area contributed by atoms with Crippen LogP contribution < -0.4 is 10.2 Å². The molecule has 7 heteroatoms. The molecule has 198 valence electrons. The second kappa shape index (κ2) is 14.2. The lowest BCUT2D eigenvalue weighted by molar-refractivity contribution is -0.120. The van der Waals surface area contributed by atoms with E-state index in [1.54, 1.807) is 23.1 Å². The summed E-state index contributed by atoms with van der Waals surface area (Å²) in [6.45, 7) is 5.25. The fourth-order valence-electron chi connectivity index (χ4n) is 4.33. The Morgan fingerprint density at radius 2 is 1.71 bits per heavy atom. The minimum Gasteiger partial charge on any atom is -0.379 e. The van der Waals surface area contributed by atoms with Crippen LogP contribution in [0.4, 0.5) is 10.1 Å². The van der Waals surface area contributed by atoms with E-state index in [-0.39, 0.29) is 30.6 Å². The Labute approximate surface area is 223 Å². The first-order valence-electron chi connectivity index (χ1n) is 13.0. The molecule has 0 unspecified atom stereocenters. The normalized spacial score (nSPS) is 13.9. The minimum absolute atomic E-state index is 0.0294. The molecule has 1 N–H and O–H groups in total. The average Bonchev–Trinajstić information content (AvgIpc) is 2.94. The molecule has 1 saturated heterocycles. The Bertz CT molecular complexity index is 1210. The van der Waals surface area contributed by atoms with E-state index in [4.69, 9.17) is 4.74 Å². The number of morpholine rings is 1. The van der Waals surface area contributed by atoms with Gasteiger partial charge in [0.05, 0.1) is 26.2 Å². The predicted octanol–water partition coefficient (Wildman–Crippen LogP) is 4.45. The van der Waals surface area contributed by atoms with Gasteiger partial charge in [0.25, 0.3) is 5.91 Å². The summed E-state index contributed by atoms with van der Waals surface area (Å²) in [6.07, 6.45) is 4.45. The molecule has 3 aromatic rings. The molecule has 0 spiro atoms. The Balaban J connectivity index is 1.36. The first-order valence-corrected chi connectivity index (χ1v) is 13.0. The zero-order valence-electron chi connectivity index (χ0n) is 21.5. The zero-order chi connectivity index (χ0) is 26.6. The molecule has 1 fully saturated rings. The fraction of sp³-hybridized carbons (Fsp3) is 0.290. The summed E-state index contributed by atoms with van der Waals surface area (Å²) < 4.78 is 19.2. The van der Waals surface area contributed by atoms with Gasteiger partial charge in [-0.3, -0.25) is 14.5 Å². The van der Waals surface area contributed by atoms with Crippen LogP contribution in [-0.4, -0.2) is 56.1 Å². The van der Waals surface area contributed by atoms with Crippen molar-refractivity contribution in [2.45, 2.75) is 19.4 Å². The van der Waals surface area contributed by atoms with E-state index in [1.807, 2.05) is 54.6 Å². The predicted molar refractivity (Wildman–Crippen MR) is 148 cm³/mol. The third kappa shape index (κ3) is 8.64. The van der Waals surface area contributed by atoms with Gasteiger partial charge in [0.1, 0.15) is 5.82 Å². The molecule has 0 aromatic heterocycles. The van der Waals surface area contributed by atoms with Crippen molar-refractivity contribution in [3.05, 3.63) is 107 Å². The zero-order valence-corrected chi connectivity index (χ0v) is 21.5. The highest BCUT2D eigenvalue weighted by molar-refractivity contribution is 6.03. The Morgan fingerprint density at radius 3 is 2.45 bits per heavy atom. The van der Waals surface area contributed by atoms with Crippen LogP contribution in [0.2, 0.25) is 0 Å². The van der Waals surface area contributed by atoms with Crippen LogP contribution >= 0.6 is 0 Å². The number of ether oxygens (including phenoxy) is 1. The van der Waals surface area contributed by atoms with Crippen molar-refractivity contribution in [1.29, 1.82) is 0 Å². The number of halogens is 1. The monoisotopic (exact) mass is 515 g/mol. The Kier molecular flexibility index (Phi) is 10.2. The summed E-state index contributed by atoms with van der Waals surface area (Å²) >= 11 is 0. The van der Waals surface area contributed by atoms with Crippen molar-refractivity contribution in [2.24, 2.45) is 0 Å². The van der Waals surface area contributed by atoms with Gasteiger partial charge in [-0.25, -0.2) is 4.39 Å². The van der Waals surface area contributed by atoms with Crippen molar-refractivity contribution in [1.82, 2.24) is 10.2 Å². The fourth-order valence-corrected chi connectivity index (χ4v) is 4.33. The molecule has 2 amide bonds. The molecule has 1 heterocycles. The van der Waals surface area contributed by atoms with Crippen molar-refractivity contribution < 1.29 is 18.7 Å². The van der Waals surface area contributed by atoms with Gasteiger partial charge in [0.2, 0.25) is 5.91 Å². The van der Waals surface area contributed by atoms with Crippen molar-refractivity contribution >= 4 is 23.6 Å². The number of anilines is 1. The molecule has 1 aliphatic heterocycles. The molecule has 0 atom stereocenters. The SMILES string of the molecule is O=C(Cc1ccc(N(Cc2cccc(F)c2)C(=O)/C=C/c2ccccc2)cc1)NCCCN1CCOCC1. The van der Waals surface area contributed by atoms with Gasteiger partial charge in [-0.2, -0.15) is 0 Å². The number of hydrogen-bond donors (Lipinski definition) is 1. The maximum absolute atomic E-state index is 13.8. The molecule has 0 saturated carbocycles. The first-order chi connectivity index (χ1) is 18.6. The Morgan fingerprint density at radius 1 is 0.947 bits per heavy atom. The summed E-state index contributed by atoms with van der Waals surface area (Å²) in [5.74, 6) is -0.594. The molecule has 1 aliphatic rings. The van der Waals surface area contributed by atoms with Crippen LogP contribution in [0.3, 0.4) is 0 Å². The van der Waals surface area contributed by atoms with E-state index in [9.17, 15) is 14.0 Å². The second-order valence-corrected chi connectivity index (χ2v) is 9.30. The highest BCUT2D eigenvalue weighted by Gasteiger charge is 2.15. The smallest absolute Gasteiger partial charge is 0.251 e. The summed E-state index contributed by atoms with van der Waals surface area (Å²) in [7, 11) is 0. The quantitative estimate of drug-likeness (QED) is 0.303. The summed E-state index contributed by atoms with van der Waals surface area (Å²) in [5.41, 5.74) is 3.13. The number of nitrogens with one attached hydrogen (secondary N) is 1. The van der Waals surface area contributed by atoms with E-state index < -0.39 is 0 Å². The van der Waals surface area contributed by atoms with Gasteiger partial charge in [-0.1, -0.05) is 54.6 Å². The molecule has 4 rings (SSSR count). The van der Waals surface area contributed by atoms with Gasteiger partial charge in [-0.15, -0.1) is 0 Å². The lowest BCUT2D eigenvalue weighted by atomic mass is 10.1. The molecule has 38 heavy (non-hydrogen) atoms. The van der Waals surface area contributed by atoms with E-state index in [1.165, 1.54) is 18.2 Å². The van der Waals surface area contributed by atoms with Gasteiger partial charge >= 0.3 is 0 Å². The van der Waals surface area contributed by atoms with Crippen LogP contribution in [0.15, 0.2) is 84.9 Å². The van der Waals surface area contributed by atoms with Gasteiger partial charge in [0, 0.05) is 31.4 Å². The molecule has 0 radical (unpaired) electrons. The van der Waals surface area contributed by atoms with E-state index in [0.29, 0.717) is 17.8 Å². The van der Waals surface area contributed by atoms with Crippen LogP contribution in [0.1, 0.15) is 23.1 Å². The highest BCUT2D eigenvalue weighted by Crippen LogP contribution is 2.20. The van der Waals surface area contributed by atoms with Gasteiger partial charge in [0.15, 0.2) is 0 Å². The van der Waals surface area contributed by atoms with E-state index in [2.05, 4.69) is 10.2 Å². The number of hydrogen-bond acceptors (Lipinski definition) is 4. The average molecular weight is 516 g/mol. The molecular formula is C31H34FN3O3. The largest absolute Gasteiger partial charge is 0.379 e. The van der Waals surface area contributed by atoms with Crippen LogP contribution in [-0.2, 0) is 27.3 Å². The lowest BCUT2D eigenvalue weighted by Crippen LogP contribution is -2.38. The standard InChI is InChI=1S/C31H34FN3O3/c32-28-9-4-8-27(22-28)24-35(31(37)15-12-25-6-2-1-3-7-25)29-13-10-26(11-14-29)23-30(36)33-16-5-17-34-18-20-38-21-19-34/h1-4,6-15,22H,5,16-21,23-24H2,(H,33,36)/b15-12+. The lowest BCUT2D eigenvalue weighted by Gasteiger charge is -2.26. The molecule has 3 aromatic carbocycles. The van der Waals surface area contributed by atoms with Crippen LogP contribution in [0.5, 0.6) is 0 Å². The summed E-state index contributed by atoms with van der Waals surface area (Å²) in [4.78, 5) is 29.6. The number of carbonyl (C=O) groups is 2. The van der Waals surface area contributed by atoms with E-state index in [0.717, 1.165) is 50.4 Å². The van der Waals surface area contributed by atoms with Crippen molar-refractivity contribution in [3.8, 4) is 0 Å². The van der Waals surface area contributed by atoms with Crippen molar-refractivity contribution in [2.75, 3.05) is 44.3 Å². The van der Waals surface area contributed by atoms with Crippen LogP contribution in [0, 0.1) is 5.82 Å². The topological polar surface area (TPSA) is 61.9 Å². The number of amides is 2. The number of benzene rings is 3.